The lowest BCUT2D eigenvalue weighted by Gasteiger charge is -2.03. The van der Waals surface area contributed by atoms with E-state index in [1.54, 1.807) is 4.68 Å². The molecule has 5 nitrogen and oxygen atoms in total. The summed E-state index contributed by atoms with van der Waals surface area (Å²) in [6, 6.07) is 11.5. The molecule has 0 unspecified atom stereocenters. The van der Waals surface area contributed by atoms with Crippen LogP contribution in [0.25, 0.3) is 5.69 Å². The first kappa shape index (κ1) is 13.9. The molecule has 3 rings (SSSR count). The molecule has 0 radical (unpaired) electrons. The molecule has 0 fully saturated rings. The average molecular weight is 321 g/mol. The van der Waals surface area contributed by atoms with Gasteiger partial charge in [0.15, 0.2) is 0 Å². The van der Waals surface area contributed by atoms with Crippen molar-refractivity contribution in [2.45, 2.75) is 6.54 Å². The molecule has 21 heavy (non-hydrogen) atoms. The molecule has 0 aliphatic heterocycles. The van der Waals surface area contributed by atoms with E-state index in [9.17, 15) is 4.79 Å². The minimum atomic E-state index is -0.432. The van der Waals surface area contributed by atoms with Crippen molar-refractivity contribution in [2.75, 3.05) is 0 Å². The van der Waals surface area contributed by atoms with Gasteiger partial charge in [0.2, 0.25) is 0 Å². The Hall–Kier alpha value is -2.11. The second-order valence-corrected chi connectivity index (χ2v) is 5.14. The Morgan fingerprint density at radius 2 is 1.86 bits per heavy atom. The van der Waals surface area contributed by atoms with Crippen molar-refractivity contribution in [1.82, 2.24) is 19.6 Å². The molecule has 2 aromatic heterocycles. The quantitative estimate of drug-likeness (QED) is 0.745. The maximum absolute atomic E-state index is 11.9. The Kier molecular flexibility index (Phi) is 3.77. The highest BCUT2D eigenvalue weighted by Gasteiger charge is 2.09. The van der Waals surface area contributed by atoms with Crippen molar-refractivity contribution in [2.24, 2.45) is 0 Å². The van der Waals surface area contributed by atoms with Gasteiger partial charge in [-0.2, -0.15) is 10.2 Å². The van der Waals surface area contributed by atoms with E-state index in [2.05, 4.69) is 10.2 Å². The first-order valence-corrected chi connectivity index (χ1v) is 6.92. The van der Waals surface area contributed by atoms with Crippen molar-refractivity contribution in [1.29, 1.82) is 0 Å². The van der Waals surface area contributed by atoms with E-state index >= 15 is 0 Å². The van der Waals surface area contributed by atoms with Crippen LogP contribution in [0.15, 0.2) is 53.6 Å². The molecular weight excluding hydrogens is 311 g/mol. The van der Waals surface area contributed by atoms with E-state index in [0.29, 0.717) is 5.69 Å². The highest BCUT2D eigenvalue weighted by atomic mass is 35.5. The Morgan fingerprint density at radius 1 is 1.10 bits per heavy atom. The summed E-state index contributed by atoms with van der Waals surface area (Å²) >= 11 is 11.6. The molecule has 1 aromatic carbocycles. The highest BCUT2D eigenvalue weighted by molar-refractivity contribution is 6.41. The van der Waals surface area contributed by atoms with Crippen LogP contribution in [0.2, 0.25) is 10.0 Å². The molecule has 0 aliphatic rings. The minimum absolute atomic E-state index is 0.0332. The van der Waals surface area contributed by atoms with Gasteiger partial charge >= 0.3 is 0 Å². The highest BCUT2D eigenvalue weighted by Crippen LogP contribution is 2.15. The van der Waals surface area contributed by atoms with Gasteiger partial charge in [0.1, 0.15) is 5.02 Å². The van der Waals surface area contributed by atoms with Gasteiger partial charge in [0.05, 0.1) is 29.1 Å². The third kappa shape index (κ3) is 2.84. The van der Waals surface area contributed by atoms with Gasteiger partial charge in [-0.05, 0) is 18.2 Å². The van der Waals surface area contributed by atoms with E-state index in [1.165, 1.54) is 10.9 Å². The summed E-state index contributed by atoms with van der Waals surface area (Å²) in [5.74, 6) is 0. The zero-order valence-electron chi connectivity index (χ0n) is 10.8. The van der Waals surface area contributed by atoms with Crippen LogP contribution in [0.1, 0.15) is 5.69 Å². The number of aromatic nitrogens is 4. The second kappa shape index (κ2) is 5.71. The maximum atomic E-state index is 11.9. The number of hydrogen-bond donors (Lipinski definition) is 0. The predicted molar refractivity (Wildman–Crippen MR) is 81.2 cm³/mol. The Morgan fingerprint density at radius 3 is 2.62 bits per heavy atom. The van der Waals surface area contributed by atoms with Crippen LogP contribution in [-0.4, -0.2) is 19.6 Å². The molecular formula is C14H10Cl2N4O. The predicted octanol–water partition coefficient (Wildman–Crippen LogP) is 2.78. The molecule has 3 aromatic rings. The van der Waals surface area contributed by atoms with Crippen LogP contribution in [0.5, 0.6) is 0 Å². The van der Waals surface area contributed by atoms with Crippen LogP contribution in [0.4, 0.5) is 0 Å². The summed E-state index contributed by atoms with van der Waals surface area (Å²) in [5.41, 5.74) is 1.21. The van der Waals surface area contributed by atoms with E-state index < -0.39 is 5.56 Å². The van der Waals surface area contributed by atoms with Gasteiger partial charge in [0.25, 0.3) is 5.56 Å². The molecule has 0 spiro atoms. The Labute approximate surface area is 130 Å². The Balaban J connectivity index is 1.89. The van der Waals surface area contributed by atoms with E-state index in [1.807, 2.05) is 42.6 Å². The Bertz CT molecular complexity index is 826. The summed E-state index contributed by atoms with van der Waals surface area (Å²) in [7, 11) is 0. The zero-order chi connectivity index (χ0) is 14.8. The molecule has 0 atom stereocenters. The van der Waals surface area contributed by atoms with Crippen LogP contribution < -0.4 is 5.56 Å². The number of benzene rings is 1. The van der Waals surface area contributed by atoms with Gasteiger partial charge in [-0.15, -0.1) is 0 Å². The number of hydrogen-bond acceptors (Lipinski definition) is 3. The summed E-state index contributed by atoms with van der Waals surface area (Å²) in [6.07, 6.45) is 3.17. The van der Waals surface area contributed by atoms with Crippen molar-refractivity contribution in [3.8, 4) is 5.69 Å². The summed E-state index contributed by atoms with van der Waals surface area (Å²) in [5, 5.41) is 8.48. The van der Waals surface area contributed by atoms with Crippen LogP contribution in [-0.2, 0) is 6.54 Å². The van der Waals surface area contributed by atoms with E-state index in [0.717, 1.165) is 5.69 Å². The van der Waals surface area contributed by atoms with Crippen molar-refractivity contribution in [3.05, 3.63) is 74.9 Å². The fourth-order valence-electron chi connectivity index (χ4n) is 1.88. The molecule has 0 aliphatic carbocycles. The standard InChI is InChI=1S/C14H10Cl2N4O/c15-12-8-17-20(14(21)13(12)16)9-10-6-7-19(18-10)11-4-2-1-3-5-11/h1-8H,9H2. The van der Waals surface area contributed by atoms with E-state index in [-0.39, 0.29) is 16.6 Å². The van der Waals surface area contributed by atoms with Crippen molar-refractivity contribution in [3.63, 3.8) is 0 Å². The number of rotatable bonds is 3. The fraction of sp³-hybridized carbons (Fsp3) is 0.0714. The number of halogens is 2. The minimum Gasteiger partial charge on any atom is -0.266 e. The topological polar surface area (TPSA) is 52.7 Å². The summed E-state index contributed by atoms with van der Waals surface area (Å²) < 4.78 is 2.96. The third-order valence-electron chi connectivity index (χ3n) is 2.92. The largest absolute Gasteiger partial charge is 0.287 e. The molecule has 106 valence electrons. The monoisotopic (exact) mass is 320 g/mol. The smallest absolute Gasteiger partial charge is 0.266 e. The van der Waals surface area contributed by atoms with Crippen molar-refractivity contribution >= 4 is 23.2 Å². The lowest BCUT2D eigenvalue weighted by molar-refractivity contribution is 0.622. The summed E-state index contributed by atoms with van der Waals surface area (Å²) in [6.45, 7) is 0.232. The second-order valence-electron chi connectivity index (χ2n) is 4.36. The molecule has 0 saturated carbocycles. The molecule has 0 N–H and O–H groups in total. The normalized spacial score (nSPS) is 10.8. The lowest BCUT2D eigenvalue weighted by Crippen LogP contribution is -2.24. The fourth-order valence-corrected chi connectivity index (χ4v) is 2.15. The summed E-state index contributed by atoms with van der Waals surface area (Å²) in [4.78, 5) is 11.9. The van der Waals surface area contributed by atoms with Gasteiger partial charge in [-0.1, -0.05) is 41.4 Å². The maximum Gasteiger partial charge on any atom is 0.287 e. The molecule has 7 heteroatoms. The molecule has 0 amide bonds. The number of para-hydroxylation sites is 1. The molecule has 0 bridgehead atoms. The van der Waals surface area contributed by atoms with Crippen LogP contribution in [0, 0.1) is 0 Å². The van der Waals surface area contributed by atoms with Gasteiger partial charge in [-0.25, -0.2) is 9.36 Å². The average Bonchev–Trinajstić information content (AvgIpc) is 2.97. The van der Waals surface area contributed by atoms with Crippen molar-refractivity contribution < 1.29 is 0 Å². The van der Waals surface area contributed by atoms with Gasteiger partial charge in [-0.3, -0.25) is 4.79 Å². The van der Waals surface area contributed by atoms with Crippen LogP contribution >= 0.6 is 23.2 Å². The van der Waals surface area contributed by atoms with Gasteiger partial charge in [0, 0.05) is 6.20 Å². The first-order chi connectivity index (χ1) is 10.1. The third-order valence-corrected chi connectivity index (χ3v) is 3.67. The van der Waals surface area contributed by atoms with E-state index in [4.69, 9.17) is 23.2 Å². The zero-order valence-corrected chi connectivity index (χ0v) is 12.3. The lowest BCUT2D eigenvalue weighted by atomic mass is 10.3. The molecule has 2 heterocycles. The van der Waals surface area contributed by atoms with Gasteiger partial charge < -0.3 is 0 Å². The first-order valence-electron chi connectivity index (χ1n) is 6.16. The van der Waals surface area contributed by atoms with Crippen LogP contribution in [0.3, 0.4) is 0 Å². The number of nitrogens with zero attached hydrogens (tertiary/aromatic N) is 4. The SMILES string of the molecule is O=c1c(Cl)c(Cl)cnn1Cc1ccn(-c2ccccc2)n1. The molecule has 0 saturated heterocycles.